The largest absolute Gasteiger partial charge is 0.450 e. The number of hydrogen-bond acceptors (Lipinski definition) is 3. The Hall–Kier alpha value is -1.35. The van der Waals surface area contributed by atoms with E-state index in [-0.39, 0.29) is 17.5 Å². The topological polar surface area (TPSA) is 46.5 Å². The summed E-state index contributed by atoms with van der Waals surface area (Å²) in [5, 5.41) is 10.7. The van der Waals surface area contributed by atoms with Crippen molar-refractivity contribution in [3.8, 4) is 0 Å². The van der Waals surface area contributed by atoms with E-state index < -0.39 is 6.10 Å². The van der Waals surface area contributed by atoms with Crippen LogP contribution in [0.25, 0.3) is 0 Å². The van der Waals surface area contributed by atoms with Gasteiger partial charge < -0.3 is 9.84 Å². The molecule has 3 heteroatoms. The summed E-state index contributed by atoms with van der Waals surface area (Å²) in [4.78, 5) is 11.6. The summed E-state index contributed by atoms with van der Waals surface area (Å²) in [6, 6.07) is 0. The van der Waals surface area contributed by atoms with Crippen molar-refractivity contribution in [3.05, 3.63) is 34.9 Å². The average Bonchev–Trinajstić information content (AvgIpc) is 2.60. The minimum atomic E-state index is -0.631. The van der Waals surface area contributed by atoms with E-state index in [2.05, 4.69) is 26.0 Å². The van der Waals surface area contributed by atoms with Gasteiger partial charge in [-0.2, -0.15) is 0 Å². The van der Waals surface area contributed by atoms with Crippen LogP contribution in [0.15, 0.2) is 34.9 Å². The van der Waals surface area contributed by atoms with Crippen LogP contribution in [-0.4, -0.2) is 23.3 Å². The summed E-state index contributed by atoms with van der Waals surface area (Å²) in [5.41, 5.74) is 2.11. The molecule has 0 amide bonds. The van der Waals surface area contributed by atoms with Crippen LogP contribution in [0.5, 0.6) is 0 Å². The van der Waals surface area contributed by atoms with E-state index in [0.29, 0.717) is 11.5 Å². The number of aliphatic hydroxyl groups excluding tert-OH is 1. The van der Waals surface area contributed by atoms with E-state index in [1.165, 1.54) is 0 Å². The van der Waals surface area contributed by atoms with Gasteiger partial charge in [0.05, 0.1) is 6.10 Å². The predicted molar refractivity (Wildman–Crippen MR) is 67.7 cm³/mol. The van der Waals surface area contributed by atoms with Crippen LogP contribution in [0.4, 0.5) is 0 Å². The van der Waals surface area contributed by atoms with Crippen molar-refractivity contribution in [3.63, 3.8) is 0 Å². The summed E-state index contributed by atoms with van der Waals surface area (Å²) >= 11 is 0. The maximum Gasteiger partial charge on any atom is 0.334 e. The zero-order chi connectivity index (χ0) is 13.1. The van der Waals surface area contributed by atoms with Crippen LogP contribution in [0, 0.1) is 11.3 Å². The molecule has 0 saturated heterocycles. The third kappa shape index (κ3) is 1.25. The van der Waals surface area contributed by atoms with Gasteiger partial charge in [-0.05, 0) is 30.9 Å². The average molecular weight is 246 g/mol. The molecule has 0 fully saturated rings. The number of aliphatic hydroxyl groups is 1. The second kappa shape index (κ2) is 3.58. The number of carbonyl (C=O) groups excluding carboxylic acids is 1. The highest BCUT2D eigenvalue weighted by Crippen LogP contribution is 2.51. The van der Waals surface area contributed by atoms with E-state index in [0.717, 1.165) is 17.6 Å². The highest BCUT2D eigenvalue weighted by molar-refractivity contribution is 5.92. The van der Waals surface area contributed by atoms with Gasteiger partial charge in [-0.15, -0.1) is 0 Å². The first kappa shape index (κ1) is 11.7. The molecule has 0 spiro atoms. The molecule has 96 valence electrons. The number of ether oxygens (including phenoxy) is 1. The third-order valence-electron chi connectivity index (χ3n) is 4.91. The van der Waals surface area contributed by atoms with Crippen LogP contribution in [-0.2, 0) is 9.53 Å². The van der Waals surface area contributed by atoms with Crippen molar-refractivity contribution in [2.45, 2.75) is 39.4 Å². The van der Waals surface area contributed by atoms with Crippen molar-refractivity contribution >= 4 is 5.97 Å². The fraction of sp³-hybridized carbons (Fsp3) is 0.533. The molecule has 1 aliphatic heterocycles. The fourth-order valence-electron chi connectivity index (χ4n) is 3.34. The van der Waals surface area contributed by atoms with Crippen molar-refractivity contribution < 1.29 is 14.6 Å². The van der Waals surface area contributed by atoms with Crippen LogP contribution < -0.4 is 0 Å². The number of fused-ring (bicyclic) bond motifs is 2. The second-order valence-corrected chi connectivity index (χ2v) is 5.75. The molecular weight excluding hydrogens is 228 g/mol. The van der Waals surface area contributed by atoms with E-state index in [1.54, 1.807) is 6.92 Å². The molecule has 0 aromatic carbocycles. The second-order valence-electron chi connectivity index (χ2n) is 5.75. The number of rotatable bonds is 0. The molecule has 0 radical (unpaired) electrons. The zero-order valence-corrected chi connectivity index (χ0v) is 10.9. The Balaban J connectivity index is 2.19. The lowest BCUT2D eigenvalue weighted by atomic mass is 9.59. The molecule has 1 heterocycles. The summed E-state index contributed by atoms with van der Waals surface area (Å²) in [6.45, 7) is 5.97. The van der Waals surface area contributed by atoms with Crippen LogP contribution in [0.1, 0.15) is 27.2 Å². The first-order chi connectivity index (χ1) is 8.46. The molecule has 3 nitrogen and oxygen atoms in total. The maximum absolute atomic E-state index is 11.6. The van der Waals surface area contributed by atoms with Gasteiger partial charge in [-0.3, -0.25) is 0 Å². The van der Waals surface area contributed by atoms with Gasteiger partial charge in [-0.1, -0.05) is 26.0 Å². The summed E-state index contributed by atoms with van der Waals surface area (Å²) in [7, 11) is 0. The summed E-state index contributed by atoms with van der Waals surface area (Å²) in [5.74, 6) is 0.0467. The van der Waals surface area contributed by atoms with Gasteiger partial charge in [0.15, 0.2) is 0 Å². The lowest BCUT2D eigenvalue weighted by molar-refractivity contribution is -0.138. The van der Waals surface area contributed by atoms with Crippen molar-refractivity contribution in [2.24, 2.45) is 11.3 Å². The Labute approximate surface area is 107 Å². The SMILES string of the molecule is CC1=C2[C@@H](C=C3C=CC[C@H](C)[C@@]3(C)[C@H]2O)OC1=O. The van der Waals surface area contributed by atoms with E-state index in [4.69, 9.17) is 4.74 Å². The smallest absolute Gasteiger partial charge is 0.334 e. The minimum Gasteiger partial charge on any atom is -0.450 e. The molecule has 0 saturated carbocycles. The Morgan fingerprint density at radius 1 is 1.50 bits per heavy atom. The first-order valence-electron chi connectivity index (χ1n) is 6.44. The maximum atomic E-state index is 11.6. The lowest BCUT2D eigenvalue weighted by Gasteiger charge is -2.47. The quantitative estimate of drug-likeness (QED) is 0.666. The molecule has 3 rings (SSSR count). The Morgan fingerprint density at radius 3 is 2.94 bits per heavy atom. The first-order valence-corrected chi connectivity index (χ1v) is 6.44. The summed E-state index contributed by atoms with van der Waals surface area (Å²) in [6.07, 6.45) is 6.13. The molecule has 0 unspecified atom stereocenters. The van der Waals surface area contributed by atoms with Gasteiger partial charge in [0, 0.05) is 16.6 Å². The highest BCUT2D eigenvalue weighted by atomic mass is 16.5. The van der Waals surface area contributed by atoms with Crippen LogP contribution >= 0.6 is 0 Å². The van der Waals surface area contributed by atoms with E-state index >= 15 is 0 Å². The molecule has 3 aliphatic rings. The Bertz CT molecular complexity index is 512. The molecule has 4 atom stereocenters. The van der Waals surface area contributed by atoms with Gasteiger partial charge in [0.25, 0.3) is 0 Å². The fourth-order valence-corrected chi connectivity index (χ4v) is 3.34. The molecular formula is C15H18O3. The number of esters is 1. The highest BCUT2D eigenvalue weighted by Gasteiger charge is 2.51. The van der Waals surface area contributed by atoms with Gasteiger partial charge in [-0.25, -0.2) is 4.79 Å². The molecule has 0 aromatic heterocycles. The molecule has 0 bridgehead atoms. The molecule has 2 aliphatic carbocycles. The number of carbonyl (C=O) groups is 1. The standard InChI is InChI=1S/C15H18O3/c1-8-5-4-6-10-7-11-12(9(2)14(17)18-11)13(16)15(8,10)3/h4,6-8,11,13,16H,5H2,1-3H3/t8-,11+,13-,15+/m0/s1. The zero-order valence-electron chi connectivity index (χ0n) is 10.9. The molecule has 18 heavy (non-hydrogen) atoms. The van der Waals surface area contributed by atoms with Crippen LogP contribution in [0.3, 0.4) is 0 Å². The van der Waals surface area contributed by atoms with Gasteiger partial charge >= 0.3 is 5.97 Å². The molecule has 1 N–H and O–H groups in total. The third-order valence-corrected chi connectivity index (χ3v) is 4.91. The molecule has 0 aromatic rings. The monoisotopic (exact) mass is 246 g/mol. The predicted octanol–water partition coefficient (Wildman–Crippen LogP) is 2.13. The van der Waals surface area contributed by atoms with Crippen molar-refractivity contribution in [2.75, 3.05) is 0 Å². The van der Waals surface area contributed by atoms with Gasteiger partial charge in [0.2, 0.25) is 0 Å². The van der Waals surface area contributed by atoms with E-state index in [9.17, 15) is 9.90 Å². The normalized spacial score (nSPS) is 42.3. The van der Waals surface area contributed by atoms with Gasteiger partial charge in [0.1, 0.15) is 6.10 Å². The van der Waals surface area contributed by atoms with E-state index in [1.807, 2.05) is 6.08 Å². The lowest BCUT2D eigenvalue weighted by Crippen LogP contribution is -2.46. The Morgan fingerprint density at radius 2 is 2.22 bits per heavy atom. The minimum absolute atomic E-state index is 0.301. The summed E-state index contributed by atoms with van der Waals surface area (Å²) < 4.78 is 5.29. The van der Waals surface area contributed by atoms with Crippen LogP contribution in [0.2, 0.25) is 0 Å². The number of hydrogen-bond donors (Lipinski definition) is 1. The van der Waals surface area contributed by atoms with Crippen molar-refractivity contribution in [1.29, 1.82) is 0 Å². The number of allylic oxidation sites excluding steroid dienone is 2. The Kier molecular flexibility index (Phi) is 2.33. The van der Waals surface area contributed by atoms with Crippen molar-refractivity contribution in [1.82, 2.24) is 0 Å².